The van der Waals surface area contributed by atoms with Crippen molar-refractivity contribution in [1.82, 2.24) is 0 Å². The SMILES string of the molecule is O=CC(Cl)(Cl)Cl.O=CC(Cl)(Cl)Cl.O=S(=O)(O)O. The lowest BCUT2D eigenvalue weighted by Gasteiger charge is -1.93. The smallest absolute Gasteiger partial charge is 0.299 e. The summed E-state index contributed by atoms with van der Waals surface area (Å²) in [5.41, 5.74) is 0. The first kappa shape index (κ1) is 23.1. The van der Waals surface area contributed by atoms with Crippen LogP contribution in [0, 0.1) is 0 Å². The zero-order chi connectivity index (χ0) is 14.9. The molecule has 0 aromatic rings. The van der Waals surface area contributed by atoms with E-state index in [2.05, 4.69) is 0 Å². The van der Waals surface area contributed by atoms with Gasteiger partial charge >= 0.3 is 10.4 Å². The van der Waals surface area contributed by atoms with Crippen molar-refractivity contribution in [3.63, 3.8) is 0 Å². The summed E-state index contributed by atoms with van der Waals surface area (Å²) in [5, 5.41) is 0. The standard InChI is InChI=1S/2C2HCl3O.H2O4S/c2*3-2(4,5)1-6;1-5(2,3)4/h2*1H;(H2,1,2,3,4). The molecule has 0 fully saturated rings. The molecule has 0 aliphatic rings. The normalized spacial score (nSPS) is 11.3. The lowest BCUT2D eigenvalue weighted by atomic mass is 10.9. The molecule has 0 saturated heterocycles. The maximum atomic E-state index is 9.43. The number of halogens is 6. The minimum absolute atomic E-state index is 0.234. The molecule has 0 heterocycles. The fraction of sp³-hybridized carbons (Fsp3) is 0.500. The van der Waals surface area contributed by atoms with E-state index >= 15 is 0 Å². The zero-order valence-corrected chi connectivity index (χ0v) is 12.7. The first-order chi connectivity index (χ1) is 7.12. The van der Waals surface area contributed by atoms with Gasteiger partial charge in [0.1, 0.15) is 0 Å². The van der Waals surface area contributed by atoms with Crippen LogP contribution in [0.5, 0.6) is 0 Å². The van der Waals surface area contributed by atoms with Gasteiger partial charge in [-0.15, -0.1) is 0 Å². The van der Waals surface area contributed by atoms with Crippen molar-refractivity contribution in [3.8, 4) is 0 Å². The molecule has 13 heteroatoms. The third-order valence-corrected chi connectivity index (χ3v) is 0.802. The van der Waals surface area contributed by atoms with E-state index < -0.39 is 18.0 Å². The van der Waals surface area contributed by atoms with Crippen LogP contribution >= 0.6 is 69.6 Å². The highest BCUT2D eigenvalue weighted by molar-refractivity contribution is 7.79. The van der Waals surface area contributed by atoms with Crippen LogP contribution in [-0.2, 0) is 20.0 Å². The molecular weight excluding hydrogens is 389 g/mol. The first-order valence-corrected chi connectivity index (χ1v) is 6.55. The summed E-state index contributed by atoms with van der Waals surface area (Å²) in [5.74, 6) is 0. The molecule has 0 bridgehead atoms. The summed E-state index contributed by atoms with van der Waals surface area (Å²) in [6.45, 7) is 0. The van der Waals surface area contributed by atoms with Gasteiger partial charge in [-0.25, -0.2) is 0 Å². The van der Waals surface area contributed by atoms with Gasteiger partial charge in [0.05, 0.1) is 0 Å². The number of carbonyl (C=O) groups is 2. The van der Waals surface area contributed by atoms with Crippen molar-refractivity contribution in [2.75, 3.05) is 0 Å². The summed E-state index contributed by atoms with van der Waals surface area (Å²) in [6, 6.07) is 0. The van der Waals surface area contributed by atoms with Crippen molar-refractivity contribution in [1.29, 1.82) is 0 Å². The van der Waals surface area contributed by atoms with E-state index in [0.29, 0.717) is 0 Å². The van der Waals surface area contributed by atoms with Crippen LogP contribution < -0.4 is 0 Å². The van der Waals surface area contributed by atoms with Gasteiger partial charge in [0.2, 0.25) is 7.59 Å². The maximum Gasteiger partial charge on any atom is 0.394 e. The monoisotopic (exact) mass is 390 g/mol. The summed E-state index contributed by atoms with van der Waals surface area (Å²) in [4.78, 5) is 18.9. The van der Waals surface area contributed by atoms with Gasteiger partial charge in [0, 0.05) is 0 Å². The number of carbonyl (C=O) groups excluding carboxylic acids is 2. The molecule has 17 heavy (non-hydrogen) atoms. The van der Waals surface area contributed by atoms with E-state index in [1.165, 1.54) is 0 Å². The zero-order valence-electron chi connectivity index (χ0n) is 7.36. The van der Waals surface area contributed by atoms with Crippen LogP contribution in [0.1, 0.15) is 0 Å². The summed E-state index contributed by atoms with van der Waals surface area (Å²) >= 11 is 29.3. The van der Waals surface area contributed by atoms with Gasteiger partial charge in [-0.1, -0.05) is 69.6 Å². The van der Waals surface area contributed by atoms with Crippen LogP contribution in [0.4, 0.5) is 0 Å². The Kier molecular flexibility index (Phi) is 13.3. The Morgan fingerprint density at radius 2 is 0.824 bits per heavy atom. The van der Waals surface area contributed by atoms with Crippen molar-refractivity contribution >= 4 is 92.6 Å². The van der Waals surface area contributed by atoms with E-state index in [9.17, 15) is 9.59 Å². The van der Waals surface area contributed by atoms with E-state index in [1.807, 2.05) is 0 Å². The van der Waals surface area contributed by atoms with Crippen molar-refractivity contribution in [2.24, 2.45) is 0 Å². The molecular formula is C4H4Cl6O6S. The molecule has 104 valence electrons. The van der Waals surface area contributed by atoms with Gasteiger partial charge in [0.15, 0.2) is 12.6 Å². The van der Waals surface area contributed by atoms with Crippen molar-refractivity contribution < 1.29 is 27.1 Å². The molecule has 0 aliphatic carbocycles. The fourth-order valence-corrected chi connectivity index (χ4v) is 0. The Hall–Kier alpha value is 0.950. The number of hydrogen-bond acceptors (Lipinski definition) is 4. The first-order valence-electron chi connectivity index (χ1n) is 2.88. The van der Waals surface area contributed by atoms with Gasteiger partial charge in [-0.2, -0.15) is 8.42 Å². The minimum atomic E-state index is -4.67. The Morgan fingerprint density at radius 3 is 0.824 bits per heavy atom. The van der Waals surface area contributed by atoms with Crippen LogP contribution in [0.2, 0.25) is 0 Å². The Bertz CT molecular complexity index is 288. The fourth-order valence-electron chi connectivity index (χ4n) is 0. The molecule has 0 amide bonds. The predicted molar refractivity (Wildman–Crippen MR) is 66.9 cm³/mol. The maximum absolute atomic E-state index is 9.43. The second-order valence-corrected chi connectivity index (χ2v) is 7.40. The highest BCUT2D eigenvalue weighted by Gasteiger charge is 2.16. The minimum Gasteiger partial charge on any atom is -0.299 e. The van der Waals surface area contributed by atoms with Gasteiger partial charge < -0.3 is 0 Å². The van der Waals surface area contributed by atoms with Crippen LogP contribution in [0.25, 0.3) is 0 Å². The lowest BCUT2D eigenvalue weighted by molar-refractivity contribution is -0.107. The number of hydrogen-bond donors (Lipinski definition) is 2. The number of aldehydes is 2. The molecule has 0 rings (SSSR count). The topological polar surface area (TPSA) is 109 Å². The van der Waals surface area contributed by atoms with E-state index in [-0.39, 0.29) is 12.6 Å². The average molecular weight is 393 g/mol. The second-order valence-electron chi connectivity index (χ2n) is 1.77. The Labute approximate surface area is 127 Å². The Balaban J connectivity index is -0.000000174. The van der Waals surface area contributed by atoms with Gasteiger partial charge in [0.25, 0.3) is 0 Å². The van der Waals surface area contributed by atoms with Crippen molar-refractivity contribution in [2.45, 2.75) is 7.59 Å². The molecule has 0 atom stereocenters. The van der Waals surface area contributed by atoms with Crippen LogP contribution in [-0.4, -0.2) is 37.7 Å². The quantitative estimate of drug-likeness (QED) is 0.372. The van der Waals surface area contributed by atoms with Crippen LogP contribution in [0.15, 0.2) is 0 Å². The molecule has 0 spiro atoms. The predicted octanol–water partition coefficient (Wildman–Crippen LogP) is 2.46. The third kappa shape index (κ3) is 78.4. The molecule has 0 aromatic heterocycles. The van der Waals surface area contributed by atoms with E-state index in [1.54, 1.807) is 0 Å². The molecule has 0 unspecified atom stereocenters. The molecule has 6 nitrogen and oxygen atoms in total. The highest BCUT2D eigenvalue weighted by Crippen LogP contribution is 2.22. The van der Waals surface area contributed by atoms with Crippen LogP contribution in [0.3, 0.4) is 0 Å². The number of rotatable bonds is 0. The molecule has 0 radical (unpaired) electrons. The molecule has 0 aromatic carbocycles. The average Bonchev–Trinajstić information content (AvgIpc) is 2.00. The van der Waals surface area contributed by atoms with E-state index in [0.717, 1.165) is 0 Å². The van der Waals surface area contributed by atoms with Crippen molar-refractivity contribution in [3.05, 3.63) is 0 Å². The Morgan fingerprint density at radius 1 is 0.765 bits per heavy atom. The lowest BCUT2D eigenvalue weighted by Crippen LogP contribution is -2.00. The molecule has 0 saturated carbocycles. The summed E-state index contributed by atoms with van der Waals surface area (Å²) in [7, 11) is -4.67. The largest absolute Gasteiger partial charge is 0.394 e. The molecule has 2 N–H and O–H groups in total. The summed E-state index contributed by atoms with van der Waals surface area (Å²) < 4.78 is 28.1. The van der Waals surface area contributed by atoms with Gasteiger partial charge in [-0.05, 0) is 0 Å². The molecule has 0 aliphatic heterocycles. The van der Waals surface area contributed by atoms with Gasteiger partial charge in [-0.3, -0.25) is 18.7 Å². The number of alkyl halides is 6. The van der Waals surface area contributed by atoms with E-state index in [4.69, 9.17) is 87.1 Å². The second kappa shape index (κ2) is 9.82. The summed E-state index contributed by atoms with van der Waals surface area (Å²) in [6.07, 6.45) is 0.468. The highest BCUT2D eigenvalue weighted by atomic mass is 35.6. The third-order valence-electron chi connectivity index (χ3n) is 0.267.